The van der Waals surface area contributed by atoms with Gasteiger partial charge in [-0.25, -0.2) is 4.79 Å². The van der Waals surface area contributed by atoms with Crippen molar-refractivity contribution in [2.45, 2.75) is 0 Å². The second-order valence-corrected chi connectivity index (χ2v) is 3.06. The lowest BCUT2D eigenvalue weighted by Crippen LogP contribution is -2.08. The Bertz CT molecular complexity index is 401. The van der Waals surface area contributed by atoms with E-state index in [1.807, 2.05) is 0 Å². The molecule has 0 bridgehead atoms. The summed E-state index contributed by atoms with van der Waals surface area (Å²) in [7, 11) is 2.58. The van der Waals surface area contributed by atoms with Gasteiger partial charge >= 0.3 is 5.97 Å². The summed E-state index contributed by atoms with van der Waals surface area (Å²) in [6.45, 7) is 0. The Morgan fingerprint density at radius 1 is 1.40 bits per heavy atom. The quantitative estimate of drug-likeness (QED) is 0.586. The minimum Gasteiger partial charge on any atom is -0.494 e. The average Bonchev–Trinajstić information content (AvgIpc) is 2.27. The number of carbonyl (C=O) groups is 2. The number of benzene rings is 1. The lowest BCUT2D eigenvalue weighted by atomic mass is 10.1. The van der Waals surface area contributed by atoms with Gasteiger partial charge in [-0.1, -0.05) is 11.6 Å². The molecular formula is C10H9ClO4. The molecule has 0 spiro atoms. The van der Waals surface area contributed by atoms with Gasteiger partial charge in [0.1, 0.15) is 5.56 Å². The third-order valence-corrected chi connectivity index (χ3v) is 2.16. The molecule has 80 valence electrons. The Kier molecular flexibility index (Phi) is 3.68. The van der Waals surface area contributed by atoms with E-state index in [9.17, 15) is 9.59 Å². The maximum absolute atomic E-state index is 11.4. The van der Waals surface area contributed by atoms with Crippen molar-refractivity contribution in [2.75, 3.05) is 14.2 Å². The molecule has 0 amide bonds. The van der Waals surface area contributed by atoms with Gasteiger partial charge in [0.15, 0.2) is 12.0 Å². The number of aldehydes is 1. The monoisotopic (exact) mass is 228 g/mol. The molecule has 15 heavy (non-hydrogen) atoms. The number of hydrogen-bond donors (Lipinski definition) is 0. The lowest BCUT2D eigenvalue weighted by Gasteiger charge is -2.10. The first kappa shape index (κ1) is 11.5. The Morgan fingerprint density at radius 2 is 2.07 bits per heavy atom. The summed E-state index contributed by atoms with van der Waals surface area (Å²) in [5, 5.41) is 0.253. The maximum Gasteiger partial charge on any atom is 0.342 e. The Labute approximate surface area is 91.7 Å². The van der Waals surface area contributed by atoms with Crippen molar-refractivity contribution in [1.82, 2.24) is 0 Å². The van der Waals surface area contributed by atoms with Gasteiger partial charge in [-0.05, 0) is 12.1 Å². The number of hydrogen-bond acceptors (Lipinski definition) is 4. The van der Waals surface area contributed by atoms with E-state index in [1.165, 1.54) is 26.4 Å². The summed E-state index contributed by atoms with van der Waals surface area (Å²) in [5.74, 6) is -0.510. The molecule has 1 aromatic rings. The summed E-state index contributed by atoms with van der Waals surface area (Å²) in [5.41, 5.74) is 0.227. The molecule has 0 unspecified atom stereocenters. The summed E-state index contributed by atoms with van der Waals surface area (Å²) in [6, 6.07) is 2.92. The van der Waals surface area contributed by atoms with Crippen LogP contribution >= 0.6 is 11.6 Å². The second kappa shape index (κ2) is 4.79. The molecule has 4 nitrogen and oxygen atoms in total. The molecule has 0 saturated heterocycles. The molecule has 0 aromatic heterocycles. The molecule has 0 aliphatic carbocycles. The highest BCUT2D eigenvalue weighted by atomic mass is 35.5. The SMILES string of the molecule is COC(=O)c1c(C=O)ccc(Cl)c1OC. The van der Waals surface area contributed by atoms with E-state index < -0.39 is 5.97 Å². The van der Waals surface area contributed by atoms with Gasteiger partial charge in [-0.15, -0.1) is 0 Å². The summed E-state index contributed by atoms with van der Waals surface area (Å²) >= 11 is 5.81. The van der Waals surface area contributed by atoms with Gasteiger partial charge < -0.3 is 9.47 Å². The van der Waals surface area contributed by atoms with Crippen LogP contribution in [0.3, 0.4) is 0 Å². The number of esters is 1. The Morgan fingerprint density at radius 3 is 2.53 bits per heavy atom. The third-order valence-electron chi connectivity index (χ3n) is 1.86. The molecule has 0 saturated carbocycles. The normalized spacial score (nSPS) is 9.53. The van der Waals surface area contributed by atoms with Crippen molar-refractivity contribution in [2.24, 2.45) is 0 Å². The fourth-order valence-electron chi connectivity index (χ4n) is 1.18. The zero-order chi connectivity index (χ0) is 11.4. The number of carbonyl (C=O) groups excluding carboxylic acids is 2. The van der Waals surface area contributed by atoms with E-state index in [-0.39, 0.29) is 21.9 Å². The van der Waals surface area contributed by atoms with Crippen LogP contribution in [0.4, 0.5) is 0 Å². The fourth-order valence-corrected chi connectivity index (χ4v) is 1.42. The van der Waals surface area contributed by atoms with Gasteiger partial charge in [0.25, 0.3) is 0 Å². The van der Waals surface area contributed by atoms with E-state index in [4.69, 9.17) is 16.3 Å². The van der Waals surface area contributed by atoms with Crippen molar-refractivity contribution in [3.8, 4) is 5.75 Å². The molecule has 0 atom stereocenters. The van der Waals surface area contributed by atoms with E-state index in [1.54, 1.807) is 0 Å². The fraction of sp³-hybridized carbons (Fsp3) is 0.200. The third kappa shape index (κ3) is 2.10. The van der Waals surface area contributed by atoms with Crippen LogP contribution in [0.15, 0.2) is 12.1 Å². The molecule has 0 fully saturated rings. The summed E-state index contributed by atoms with van der Waals surface area (Å²) in [6.07, 6.45) is 0.547. The first-order chi connectivity index (χ1) is 7.15. The first-order valence-corrected chi connectivity index (χ1v) is 4.43. The van der Waals surface area contributed by atoms with Gasteiger partial charge in [0, 0.05) is 5.56 Å². The predicted octanol–water partition coefficient (Wildman–Crippen LogP) is 1.95. The Balaban J connectivity index is 3.46. The zero-order valence-electron chi connectivity index (χ0n) is 8.24. The predicted molar refractivity (Wildman–Crippen MR) is 54.7 cm³/mol. The molecular weight excluding hydrogens is 220 g/mol. The Hall–Kier alpha value is -1.55. The standard InChI is InChI=1S/C10H9ClO4/c1-14-9-7(11)4-3-6(5-12)8(9)10(13)15-2/h3-5H,1-2H3. The molecule has 0 aliphatic heterocycles. The highest BCUT2D eigenvalue weighted by molar-refractivity contribution is 6.33. The highest BCUT2D eigenvalue weighted by Gasteiger charge is 2.20. The van der Waals surface area contributed by atoms with Crippen LogP contribution in [0.1, 0.15) is 20.7 Å². The molecule has 1 rings (SSSR count). The van der Waals surface area contributed by atoms with E-state index in [2.05, 4.69) is 4.74 Å². The maximum atomic E-state index is 11.4. The average molecular weight is 229 g/mol. The minimum absolute atomic E-state index is 0.0440. The van der Waals surface area contributed by atoms with E-state index >= 15 is 0 Å². The minimum atomic E-state index is -0.656. The highest BCUT2D eigenvalue weighted by Crippen LogP contribution is 2.31. The van der Waals surface area contributed by atoms with Crippen LogP contribution in [0.25, 0.3) is 0 Å². The van der Waals surface area contributed by atoms with Gasteiger partial charge in [0.2, 0.25) is 0 Å². The van der Waals surface area contributed by atoms with Crippen molar-refractivity contribution < 1.29 is 19.1 Å². The van der Waals surface area contributed by atoms with E-state index in [0.29, 0.717) is 6.29 Å². The van der Waals surface area contributed by atoms with Crippen molar-refractivity contribution >= 4 is 23.9 Å². The summed E-state index contributed by atoms with van der Waals surface area (Å²) < 4.78 is 9.49. The zero-order valence-corrected chi connectivity index (χ0v) is 9.00. The second-order valence-electron chi connectivity index (χ2n) is 2.65. The van der Waals surface area contributed by atoms with Crippen LogP contribution in [0.5, 0.6) is 5.75 Å². The molecule has 0 aliphatic rings. The van der Waals surface area contributed by atoms with Crippen LogP contribution < -0.4 is 4.74 Å². The van der Waals surface area contributed by atoms with Crippen LogP contribution in [-0.4, -0.2) is 26.5 Å². The molecule has 5 heteroatoms. The summed E-state index contributed by atoms with van der Waals surface area (Å²) in [4.78, 5) is 22.1. The first-order valence-electron chi connectivity index (χ1n) is 4.05. The van der Waals surface area contributed by atoms with Gasteiger partial charge in [-0.2, -0.15) is 0 Å². The molecule has 0 N–H and O–H groups in total. The molecule has 0 heterocycles. The largest absolute Gasteiger partial charge is 0.494 e. The smallest absolute Gasteiger partial charge is 0.342 e. The number of halogens is 1. The van der Waals surface area contributed by atoms with Gasteiger partial charge in [0.05, 0.1) is 19.2 Å². The molecule has 1 aromatic carbocycles. The number of ether oxygens (including phenoxy) is 2. The van der Waals surface area contributed by atoms with Crippen molar-refractivity contribution in [3.05, 3.63) is 28.3 Å². The molecule has 0 radical (unpaired) electrons. The number of rotatable bonds is 3. The lowest BCUT2D eigenvalue weighted by molar-refractivity contribution is 0.0594. The topological polar surface area (TPSA) is 52.6 Å². The number of methoxy groups -OCH3 is 2. The van der Waals surface area contributed by atoms with Crippen molar-refractivity contribution in [1.29, 1.82) is 0 Å². The van der Waals surface area contributed by atoms with Crippen LogP contribution in [0.2, 0.25) is 5.02 Å². The van der Waals surface area contributed by atoms with Crippen molar-refractivity contribution in [3.63, 3.8) is 0 Å². The van der Waals surface area contributed by atoms with E-state index in [0.717, 1.165) is 0 Å². The van der Waals surface area contributed by atoms with Gasteiger partial charge in [-0.3, -0.25) is 4.79 Å². The van der Waals surface area contributed by atoms with Crippen LogP contribution in [-0.2, 0) is 4.74 Å². The van der Waals surface area contributed by atoms with Crippen LogP contribution in [0, 0.1) is 0 Å².